The number of hydrogen-bond donors (Lipinski definition) is 1. The normalized spacial score (nSPS) is 28.5. The molecule has 0 aliphatic heterocycles. The van der Waals surface area contributed by atoms with Crippen LogP contribution in [0.2, 0.25) is 20.9 Å². The molecule has 0 heterocycles. The van der Waals surface area contributed by atoms with Gasteiger partial charge in [-0.2, -0.15) is 0 Å². The molecule has 1 unspecified atom stereocenters. The third-order valence-corrected chi connectivity index (χ3v) is 6.02. The lowest BCUT2D eigenvalue weighted by atomic mass is 9.30. The van der Waals surface area contributed by atoms with Gasteiger partial charge < -0.3 is 5.11 Å². The minimum Gasteiger partial charge on any atom is -0.380 e. The van der Waals surface area contributed by atoms with Gasteiger partial charge in [-0.25, -0.2) is 0 Å². The van der Waals surface area contributed by atoms with Crippen molar-refractivity contribution in [2.45, 2.75) is 26.5 Å². The summed E-state index contributed by atoms with van der Waals surface area (Å²) in [5.41, 5.74) is -1.08. The number of terminal acetylenes is 1. The maximum Gasteiger partial charge on any atom is 0.112 e. The van der Waals surface area contributed by atoms with E-state index in [2.05, 4.69) is 45.2 Å². The van der Waals surface area contributed by atoms with Crippen molar-refractivity contribution in [2.75, 3.05) is 0 Å². The SMILES string of the molecule is BC(B)(B)C(O)(C#C)C1(B)C(B)(B)C1(B)B. The van der Waals surface area contributed by atoms with Gasteiger partial charge in [-0.3, -0.25) is 0 Å². The van der Waals surface area contributed by atoms with Crippen molar-refractivity contribution in [3.8, 4) is 12.3 Å². The highest BCUT2D eigenvalue weighted by molar-refractivity contribution is 6.69. The van der Waals surface area contributed by atoms with Gasteiger partial charge in [0.15, 0.2) is 0 Å². The fourth-order valence-corrected chi connectivity index (χ4v) is 3.61. The Morgan fingerprint density at radius 2 is 1.25 bits per heavy atom. The van der Waals surface area contributed by atoms with Crippen LogP contribution in [-0.4, -0.2) is 73.5 Å². The molecule has 1 fully saturated rings. The van der Waals surface area contributed by atoms with Crippen molar-refractivity contribution in [3.63, 3.8) is 0 Å². The van der Waals surface area contributed by atoms with Crippen LogP contribution < -0.4 is 0 Å². The van der Waals surface area contributed by atoms with Crippen LogP contribution in [-0.2, 0) is 0 Å². The van der Waals surface area contributed by atoms with Gasteiger partial charge in [-0.05, 0) is 5.31 Å². The predicted octanol–water partition coefficient (Wildman–Crippen LogP) is -7.11. The third kappa shape index (κ3) is 1.13. The standard InChI is InChI=1S/C7H18B8O/c1-2-3(16,7(13,14)15)4(8)5(9,10)6(4,11)12/h1,16H,8-15H2. The fraction of sp³-hybridized carbons (Fsp3) is 0.714. The highest BCUT2D eigenvalue weighted by Crippen LogP contribution is 2.91. The van der Waals surface area contributed by atoms with Crippen LogP contribution in [0.15, 0.2) is 0 Å². The quantitative estimate of drug-likeness (QED) is 0.350. The molecule has 1 nitrogen and oxygen atoms in total. The summed E-state index contributed by atoms with van der Waals surface area (Å²) in [4.78, 5) is 0. The summed E-state index contributed by atoms with van der Waals surface area (Å²) in [5.74, 6) is 2.69. The Kier molecular flexibility index (Phi) is 2.71. The molecule has 16 heavy (non-hydrogen) atoms. The minimum absolute atomic E-state index is 0.0500. The highest BCUT2D eigenvalue weighted by Gasteiger charge is 2.80. The average molecular weight is 205 g/mol. The first-order valence-corrected chi connectivity index (χ1v) is 6.01. The molecule has 9 heteroatoms. The van der Waals surface area contributed by atoms with E-state index >= 15 is 0 Å². The molecule has 0 radical (unpaired) electrons. The minimum atomic E-state index is -1.08. The first kappa shape index (κ1) is 14.1. The average Bonchev–Trinajstić information content (AvgIpc) is 2.42. The van der Waals surface area contributed by atoms with Crippen LogP contribution >= 0.6 is 0 Å². The van der Waals surface area contributed by atoms with Gasteiger partial charge in [0, 0.05) is 0 Å². The zero-order valence-corrected chi connectivity index (χ0v) is 12.0. The van der Waals surface area contributed by atoms with E-state index in [-0.39, 0.29) is 20.9 Å². The van der Waals surface area contributed by atoms with Crippen LogP contribution in [0.25, 0.3) is 0 Å². The van der Waals surface area contributed by atoms with Gasteiger partial charge in [-0.15, -0.1) is 6.42 Å². The van der Waals surface area contributed by atoms with E-state index in [0.717, 1.165) is 0 Å². The van der Waals surface area contributed by atoms with E-state index in [1.807, 2.05) is 23.5 Å². The lowest BCUT2D eigenvalue weighted by molar-refractivity contribution is 0.0837. The van der Waals surface area contributed by atoms with E-state index in [1.54, 1.807) is 0 Å². The lowest BCUT2D eigenvalue weighted by Crippen LogP contribution is -2.50. The number of hydrogen-bond acceptors (Lipinski definition) is 1. The topological polar surface area (TPSA) is 20.2 Å². The first-order chi connectivity index (χ1) is 6.81. The second-order valence-electron chi connectivity index (χ2n) is 7.48. The van der Waals surface area contributed by atoms with Gasteiger partial charge in [0.25, 0.3) is 0 Å². The summed E-state index contributed by atoms with van der Waals surface area (Å²) in [7, 11) is 17.0. The zero-order valence-electron chi connectivity index (χ0n) is 12.0. The maximum absolute atomic E-state index is 11.0. The summed E-state index contributed by atoms with van der Waals surface area (Å²) in [6.45, 7) is 0. The summed E-state index contributed by atoms with van der Waals surface area (Å²) >= 11 is 0. The first-order valence-electron chi connectivity index (χ1n) is 6.01. The van der Waals surface area contributed by atoms with Gasteiger partial charge in [0.2, 0.25) is 0 Å². The molecule has 0 aromatic carbocycles. The van der Waals surface area contributed by atoms with E-state index in [0.29, 0.717) is 0 Å². The monoisotopic (exact) mass is 206 g/mol. The Labute approximate surface area is 107 Å². The Morgan fingerprint density at radius 3 is 1.31 bits per heavy atom. The van der Waals surface area contributed by atoms with Crippen LogP contribution in [0.5, 0.6) is 0 Å². The van der Waals surface area contributed by atoms with Crippen LogP contribution in [0, 0.1) is 12.3 Å². The molecular weight excluding hydrogens is 187 g/mol. The van der Waals surface area contributed by atoms with Crippen LogP contribution in [0.1, 0.15) is 0 Å². The van der Waals surface area contributed by atoms with Gasteiger partial charge in [-0.1, -0.05) is 21.5 Å². The largest absolute Gasteiger partial charge is 0.380 e. The van der Waals surface area contributed by atoms with Gasteiger partial charge in [0.1, 0.15) is 13.4 Å². The predicted molar refractivity (Wildman–Crippen MR) is 92.9 cm³/mol. The van der Waals surface area contributed by atoms with Crippen molar-refractivity contribution in [2.24, 2.45) is 0 Å². The molecule has 1 saturated carbocycles. The summed E-state index contributed by atoms with van der Waals surface area (Å²) in [6.07, 6.45) is 5.66. The Balaban J connectivity index is 3.38. The van der Waals surface area contributed by atoms with Crippen molar-refractivity contribution in [1.82, 2.24) is 0 Å². The van der Waals surface area contributed by atoms with Crippen molar-refractivity contribution >= 4 is 62.8 Å². The molecule has 0 amide bonds. The number of aliphatic hydroxyl groups is 1. The number of rotatable bonds is 2. The third-order valence-electron chi connectivity index (χ3n) is 6.02. The summed E-state index contributed by atoms with van der Waals surface area (Å²) in [6, 6.07) is 0. The smallest absolute Gasteiger partial charge is 0.112 e. The van der Waals surface area contributed by atoms with E-state index in [4.69, 9.17) is 6.42 Å². The zero-order chi connectivity index (χ0) is 13.2. The van der Waals surface area contributed by atoms with E-state index in [1.165, 1.54) is 0 Å². The molecular formula is C7H18B8O. The maximum atomic E-state index is 11.0. The lowest BCUT2D eigenvalue weighted by Gasteiger charge is -2.45. The van der Waals surface area contributed by atoms with E-state index in [9.17, 15) is 5.11 Å². The van der Waals surface area contributed by atoms with Gasteiger partial charge in [0.05, 0.1) is 54.9 Å². The van der Waals surface area contributed by atoms with Crippen LogP contribution in [0.4, 0.5) is 0 Å². The van der Waals surface area contributed by atoms with Crippen molar-refractivity contribution in [3.05, 3.63) is 0 Å². The molecule has 1 aliphatic carbocycles. The molecule has 1 rings (SSSR count). The molecule has 76 valence electrons. The van der Waals surface area contributed by atoms with E-state index < -0.39 is 5.60 Å². The fourth-order valence-electron chi connectivity index (χ4n) is 3.61. The molecule has 0 aromatic heterocycles. The van der Waals surface area contributed by atoms with Crippen molar-refractivity contribution < 1.29 is 5.11 Å². The van der Waals surface area contributed by atoms with Crippen LogP contribution in [0.3, 0.4) is 0 Å². The second kappa shape index (κ2) is 3.08. The molecule has 1 N–H and O–H groups in total. The molecule has 0 aromatic rings. The van der Waals surface area contributed by atoms with Gasteiger partial charge >= 0.3 is 0 Å². The summed E-state index contributed by atoms with van der Waals surface area (Å²) < 4.78 is 0. The molecule has 0 spiro atoms. The highest BCUT2D eigenvalue weighted by atomic mass is 16.3. The molecule has 1 atom stereocenters. The molecule has 0 saturated heterocycles. The molecule has 0 bridgehead atoms. The van der Waals surface area contributed by atoms with Crippen molar-refractivity contribution in [1.29, 1.82) is 0 Å². The Hall–Kier alpha value is 0.0395. The Morgan fingerprint density at radius 1 is 0.938 bits per heavy atom. The molecule has 1 aliphatic rings. The second-order valence-corrected chi connectivity index (χ2v) is 7.48. The Bertz CT molecular complexity index is 350. The summed E-state index contributed by atoms with van der Waals surface area (Å²) in [5, 5.41) is 10.5.